The van der Waals surface area contributed by atoms with Gasteiger partial charge in [0, 0.05) is 23.8 Å². The van der Waals surface area contributed by atoms with Gasteiger partial charge in [-0.3, -0.25) is 9.59 Å². The maximum Gasteiger partial charge on any atom is 0.278 e. The summed E-state index contributed by atoms with van der Waals surface area (Å²) >= 11 is 0. The first-order valence-electron chi connectivity index (χ1n) is 10.7. The third-order valence-electron chi connectivity index (χ3n) is 5.61. The lowest BCUT2D eigenvalue weighted by atomic mass is 10.1. The van der Waals surface area contributed by atoms with Crippen molar-refractivity contribution in [1.82, 2.24) is 14.3 Å². The topological polar surface area (TPSA) is 68.9 Å². The molecule has 1 N–H and O–H groups in total. The zero-order chi connectivity index (χ0) is 23.8. The fraction of sp³-hybridized carbons (Fsp3) is 0.115. The minimum Gasteiger partial charge on any atom is -0.342 e. The maximum atomic E-state index is 14.1. The number of amides is 1. The molecule has 3 aromatic carbocycles. The van der Waals surface area contributed by atoms with Crippen molar-refractivity contribution in [3.8, 4) is 11.3 Å². The summed E-state index contributed by atoms with van der Waals surface area (Å²) in [6, 6.07) is 17.6. The summed E-state index contributed by atoms with van der Waals surface area (Å²) in [5.74, 6) is -1.21. The molecular weight excluding hydrogens is 438 g/mol. The Kier molecular flexibility index (Phi) is 5.41. The molecule has 2 heterocycles. The van der Waals surface area contributed by atoms with Crippen molar-refractivity contribution in [3.63, 3.8) is 0 Å². The van der Waals surface area contributed by atoms with Crippen LogP contribution in [0.3, 0.4) is 0 Å². The van der Waals surface area contributed by atoms with Crippen LogP contribution in [-0.4, -0.2) is 20.3 Å². The Morgan fingerprint density at radius 2 is 1.76 bits per heavy atom. The summed E-state index contributed by atoms with van der Waals surface area (Å²) in [6.45, 7) is 1.98. The van der Waals surface area contributed by atoms with E-state index in [0.717, 1.165) is 15.8 Å². The quantitative estimate of drug-likeness (QED) is 0.419. The Morgan fingerprint density at radius 1 is 1.00 bits per heavy atom. The van der Waals surface area contributed by atoms with Crippen LogP contribution in [-0.2, 0) is 17.9 Å². The van der Waals surface area contributed by atoms with Crippen LogP contribution < -0.4 is 10.9 Å². The van der Waals surface area contributed by atoms with Gasteiger partial charge in [0.15, 0.2) is 0 Å². The fourth-order valence-corrected chi connectivity index (χ4v) is 4.03. The second-order valence-corrected chi connectivity index (χ2v) is 8.19. The van der Waals surface area contributed by atoms with Crippen molar-refractivity contribution in [3.05, 3.63) is 106 Å². The number of anilines is 1. The van der Waals surface area contributed by atoms with Crippen LogP contribution in [0.1, 0.15) is 11.1 Å². The fourth-order valence-electron chi connectivity index (χ4n) is 4.03. The number of pyridine rings is 1. The molecule has 170 valence electrons. The first-order valence-corrected chi connectivity index (χ1v) is 10.7. The monoisotopic (exact) mass is 458 g/mol. The van der Waals surface area contributed by atoms with Gasteiger partial charge >= 0.3 is 0 Å². The molecule has 2 aliphatic heterocycles. The second-order valence-electron chi connectivity index (χ2n) is 8.19. The largest absolute Gasteiger partial charge is 0.342 e. The lowest BCUT2D eigenvalue weighted by molar-refractivity contribution is -0.116. The first kappa shape index (κ1) is 21.5. The Labute approximate surface area is 193 Å². The van der Waals surface area contributed by atoms with Gasteiger partial charge in [-0.1, -0.05) is 24.3 Å². The average molecular weight is 458 g/mol. The van der Waals surface area contributed by atoms with Crippen molar-refractivity contribution in [1.29, 1.82) is 0 Å². The van der Waals surface area contributed by atoms with E-state index in [4.69, 9.17) is 0 Å². The van der Waals surface area contributed by atoms with E-state index in [1.807, 2.05) is 25.1 Å². The Bertz CT molecular complexity index is 1550. The molecule has 0 aromatic heterocycles. The minimum atomic E-state index is -0.465. The molecule has 0 saturated carbocycles. The van der Waals surface area contributed by atoms with Crippen molar-refractivity contribution in [2.24, 2.45) is 0 Å². The first-order chi connectivity index (χ1) is 16.4. The van der Waals surface area contributed by atoms with E-state index in [1.165, 1.54) is 24.3 Å². The molecule has 0 aliphatic carbocycles. The van der Waals surface area contributed by atoms with Crippen molar-refractivity contribution >= 4 is 22.5 Å². The number of nitrogens with zero attached hydrogens (tertiary/aromatic N) is 3. The SMILES string of the molecule is Cc1cccc(NC(=O)Cn2nc3c4cc(F)ccc4n(Cc4ccc(F)cc4)cc-3c2=O)c1. The molecule has 34 heavy (non-hydrogen) atoms. The van der Waals surface area contributed by atoms with Crippen LogP contribution in [0, 0.1) is 18.6 Å². The molecule has 0 radical (unpaired) electrons. The summed E-state index contributed by atoms with van der Waals surface area (Å²) in [5.41, 5.74) is 3.22. The number of aromatic nitrogens is 3. The van der Waals surface area contributed by atoms with Gasteiger partial charge in [0.25, 0.3) is 5.56 Å². The highest BCUT2D eigenvalue weighted by Gasteiger charge is 2.22. The number of fused-ring (bicyclic) bond motifs is 3. The summed E-state index contributed by atoms with van der Waals surface area (Å²) in [6.07, 6.45) is 1.64. The van der Waals surface area contributed by atoms with Crippen molar-refractivity contribution in [2.75, 3.05) is 5.32 Å². The molecule has 5 rings (SSSR count). The average Bonchev–Trinajstić information content (AvgIpc) is 3.10. The van der Waals surface area contributed by atoms with Crippen molar-refractivity contribution < 1.29 is 13.6 Å². The number of hydrogen-bond acceptors (Lipinski definition) is 3. The van der Waals surface area contributed by atoms with E-state index in [2.05, 4.69) is 10.4 Å². The van der Waals surface area contributed by atoms with E-state index >= 15 is 0 Å². The zero-order valence-corrected chi connectivity index (χ0v) is 18.3. The van der Waals surface area contributed by atoms with Gasteiger partial charge in [-0.15, -0.1) is 0 Å². The van der Waals surface area contributed by atoms with E-state index in [9.17, 15) is 18.4 Å². The Hall–Kier alpha value is -4.33. The Morgan fingerprint density at radius 3 is 2.53 bits per heavy atom. The molecule has 1 amide bonds. The van der Waals surface area contributed by atoms with E-state index in [-0.39, 0.29) is 17.9 Å². The van der Waals surface area contributed by atoms with Crippen molar-refractivity contribution in [2.45, 2.75) is 20.0 Å². The van der Waals surface area contributed by atoms with E-state index in [0.29, 0.717) is 28.8 Å². The molecule has 6 nitrogen and oxygen atoms in total. The normalized spacial score (nSPS) is 11.3. The third kappa shape index (κ3) is 4.17. The highest BCUT2D eigenvalue weighted by molar-refractivity contribution is 5.94. The highest BCUT2D eigenvalue weighted by atomic mass is 19.1. The summed E-state index contributed by atoms with van der Waals surface area (Å²) in [5, 5.41) is 7.57. The van der Waals surface area contributed by atoms with Crippen LogP contribution in [0.15, 0.2) is 77.7 Å². The second kappa shape index (κ2) is 8.55. The molecule has 0 spiro atoms. The number of rotatable bonds is 5. The molecule has 0 bridgehead atoms. The molecule has 3 aromatic rings. The number of aryl methyl sites for hydroxylation is 1. The maximum absolute atomic E-state index is 14.1. The number of nitrogens with one attached hydrogen (secondary N) is 1. The predicted octanol–water partition coefficient (Wildman–Crippen LogP) is 4.58. The molecule has 0 saturated heterocycles. The lowest BCUT2D eigenvalue weighted by Crippen LogP contribution is -2.26. The van der Waals surface area contributed by atoms with Gasteiger partial charge in [-0.25, -0.2) is 13.5 Å². The van der Waals surface area contributed by atoms with Crippen LogP contribution >= 0.6 is 0 Å². The number of carbonyl (C=O) groups is 1. The molecule has 0 fully saturated rings. The molecule has 0 unspecified atom stereocenters. The summed E-state index contributed by atoms with van der Waals surface area (Å²) < 4.78 is 30.3. The number of benzene rings is 3. The van der Waals surface area contributed by atoms with Gasteiger partial charge in [-0.05, 0) is 60.5 Å². The minimum absolute atomic E-state index is 0.267. The molecule has 8 heteroatoms. The molecule has 0 atom stereocenters. The van der Waals surface area contributed by atoms with Crippen LogP contribution in [0.2, 0.25) is 0 Å². The van der Waals surface area contributed by atoms with Gasteiger partial charge in [0.1, 0.15) is 23.9 Å². The molecular formula is C26H20F2N4O2. The summed E-state index contributed by atoms with van der Waals surface area (Å²) in [4.78, 5) is 25.7. The lowest BCUT2D eigenvalue weighted by Gasteiger charge is -2.14. The smallest absolute Gasteiger partial charge is 0.278 e. The van der Waals surface area contributed by atoms with Crippen LogP contribution in [0.4, 0.5) is 14.5 Å². The van der Waals surface area contributed by atoms with Gasteiger partial charge < -0.3 is 9.88 Å². The summed E-state index contributed by atoms with van der Waals surface area (Å²) in [7, 11) is 0. The standard InChI is InChI=1S/C26H20F2N4O2/c1-16-3-2-4-20(11-16)29-24(33)15-32-26(34)22-14-31(13-17-5-7-18(27)8-6-17)23-10-9-19(28)12-21(23)25(22)30-32/h2-12,14H,13,15H2,1H3,(H,29,33). The highest BCUT2D eigenvalue weighted by Crippen LogP contribution is 2.28. The van der Waals surface area contributed by atoms with Crippen LogP contribution in [0.5, 0.6) is 0 Å². The number of hydrogen-bond donors (Lipinski definition) is 1. The van der Waals surface area contributed by atoms with Gasteiger partial charge in [-0.2, -0.15) is 5.10 Å². The van der Waals surface area contributed by atoms with Crippen LogP contribution in [0.25, 0.3) is 22.2 Å². The number of halogens is 2. The zero-order valence-electron chi connectivity index (χ0n) is 18.3. The third-order valence-corrected chi connectivity index (χ3v) is 5.61. The molecule has 2 aliphatic rings. The van der Waals surface area contributed by atoms with Gasteiger partial charge in [0.05, 0.1) is 11.1 Å². The Balaban J connectivity index is 1.55. The predicted molar refractivity (Wildman–Crippen MR) is 126 cm³/mol. The number of carbonyl (C=O) groups excluding carboxylic acids is 1. The van der Waals surface area contributed by atoms with E-state index in [1.54, 1.807) is 35.0 Å². The van der Waals surface area contributed by atoms with Gasteiger partial charge in [0.2, 0.25) is 5.91 Å². The van der Waals surface area contributed by atoms with E-state index < -0.39 is 17.3 Å².